The molecule has 4 heteroatoms. The van der Waals surface area contributed by atoms with Crippen LogP contribution >= 0.6 is 0 Å². The highest BCUT2D eigenvalue weighted by Gasteiger charge is 1.74. The summed E-state index contributed by atoms with van der Waals surface area (Å²) in [7, 11) is 0. The van der Waals surface area contributed by atoms with Crippen molar-refractivity contribution in [3.63, 3.8) is 0 Å². The molecule has 5 heavy (non-hydrogen) atoms. The Bertz CT molecular complexity index is 30.6. The molecule has 32 valence electrons. The van der Waals surface area contributed by atoms with Gasteiger partial charge >= 0.3 is 6.22 Å². The Kier molecular flexibility index (Phi) is 5.89. The van der Waals surface area contributed by atoms with Crippen LogP contribution in [-0.2, 0) is 0 Å². The second-order valence-electron chi connectivity index (χ2n) is 0.253. The van der Waals surface area contributed by atoms with Crippen LogP contribution in [0.15, 0.2) is 0 Å². The van der Waals surface area contributed by atoms with E-state index in [1.54, 1.807) is 0 Å². The number of carboxylic acid groups (broad SMARTS) is 1. The van der Waals surface area contributed by atoms with Crippen LogP contribution in [0.4, 0.5) is 13.9 Å². The minimum absolute atomic E-state index is 0. The van der Waals surface area contributed by atoms with Crippen LogP contribution in [-0.4, -0.2) is 11.3 Å². The van der Waals surface area contributed by atoms with Crippen molar-refractivity contribution >= 4 is 6.22 Å². The Morgan fingerprint density at radius 1 is 1.80 bits per heavy atom. The molecule has 0 radical (unpaired) electrons. The fourth-order valence-corrected chi connectivity index (χ4v) is 0. The van der Waals surface area contributed by atoms with E-state index in [9.17, 15) is 4.39 Å². The van der Waals surface area contributed by atoms with E-state index in [0.29, 0.717) is 0 Å². The molecule has 0 aliphatic rings. The van der Waals surface area contributed by atoms with Crippen molar-refractivity contribution in [2.24, 2.45) is 0 Å². The first kappa shape index (κ1) is 8.84. The highest BCUT2D eigenvalue weighted by Crippen LogP contribution is 1.58. The van der Waals surface area contributed by atoms with Crippen LogP contribution in [0.1, 0.15) is 0 Å². The lowest BCUT2D eigenvalue weighted by atomic mass is 11.5. The standard InChI is InChI=1S/CHFO2.FH/c2-1(3)4;/h(H,3,4);1H. The van der Waals surface area contributed by atoms with E-state index >= 15 is 0 Å². The summed E-state index contributed by atoms with van der Waals surface area (Å²) in [6, 6.07) is 0. The van der Waals surface area contributed by atoms with Crippen molar-refractivity contribution < 1.29 is 19.0 Å². The summed E-state index contributed by atoms with van der Waals surface area (Å²) in [6.45, 7) is 0. The summed E-state index contributed by atoms with van der Waals surface area (Å²) in [4.78, 5) is 8.33. The summed E-state index contributed by atoms with van der Waals surface area (Å²) in [6.07, 6.45) is -2.33. The number of hydrogen-bond donors (Lipinski definition) is 1. The van der Waals surface area contributed by atoms with Crippen LogP contribution < -0.4 is 0 Å². The molecule has 0 unspecified atom stereocenters. The molecular weight excluding hydrogens is 82.0 g/mol. The molecule has 0 rings (SSSR count). The van der Waals surface area contributed by atoms with E-state index in [4.69, 9.17) is 9.90 Å². The molecule has 0 saturated heterocycles. The lowest BCUT2D eigenvalue weighted by Gasteiger charge is -1.53. The van der Waals surface area contributed by atoms with Crippen molar-refractivity contribution in [1.82, 2.24) is 0 Å². The van der Waals surface area contributed by atoms with Gasteiger partial charge in [0, 0.05) is 0 Å². The molecule has 0 aliphatic carbocycles. The van der Waals surface area contributed by atoms with E-state index < -0.39 is 6.22 Å². The first-order valence-corrected chi connectivity index (χ1v) is 0.617. The number of halogens is 2. The van der Waals surface area contributed by atoms with Gasteiger partial charge in [0.2, 0.25) is 0 Å². The monoisotopic (exact) mass is 84.0 g/mol. The fourth-order valence-electron chi connectivity index (χ4n) is 0. The number of hydrogen-bond acceptors (Lipinski definition) is 1. The van der Waals surface area contributed by atoms with Crippen molar-refractivity contribution in [3.05, 3.63) is 0 Å². The molecule has 0 spiro atoms. The van der Waals surface area contributed by atoms with Gasteiger partial charge in [0.15, 0.2) is 0 Å². The Hall–Kier alpha value is -0.670. The van der Waals surface area contributed by atoms with Gasteiger partial charge in [-0.25, -0.2) is 4.79 Å². The quantitative estimate of drug-likeness (QED) is 0.440. The van der Waals surface area contributed by atoms with Gasteiger partial charge in [-0.1, -0.05) is 0 Å². The third-order valence-electron chi connectivity index (χ3n) is 0. The number of carbonyl (C=O) groups is 1. The van der Waals surface area contributed by atoms with E-state index in [1.165, 1.54) is 0 Å². The Morgan fingerprint density at radius 2 is 1.80 bits per heavy atom. The maximum Gasteiger partial charge on any atom is 0.492 e. The lowest BCUT2D eigenvalue weighted by molar-refractivity contribution is 0.169. The van der Waals surface area contributed by atoms with Crippen LogP contribution in [0, 0.1) is 0 Å². The summed E-state index contributed by atoms with van der Waals surface area (Å²) < 4.78 is 9.92. The summed E-state index contributed by atoms with van der Waals surface area (Å²) in [5, 5.41) is 6.75. The van der Waals surface area contributed by atoms with Crippen molar-refractivity contribution in [2.45, 2.75) is 0 Å². The normalized spacial score (nSPS) is 5.00. The molecule has 0 aromatic rings. The fraction of sp³-hybridized carbons (Fsp3) is 0. The molecule has 0 amide bonds. The Balaban J connectivity index is 0. The average Bonchev–Trinajstić information content (AvgIpc) is 0.811. The maximum atomic E-state index is 9.92. The highest BCUT2D eigenvalue weighted by molar-refractivity contribution is 5.54. The molecule has 0 heterocycles. The van der Waals surface area contributed by atoms with Gasteiger partial charge in [-0.15, -0.1) is 4.39 Å². The smallest absolute Gasteiger partial charge is 0.456 e. The first-order chi connectivity index (χ1) is 1.73. The van der Waals surface area contributed by atoms with Gasteiger partial charge in [0.05, 0.1) is 0 Å². The Labute approximate surface area is 26.6 Å². The van der Waals surface area contributed by atoms with Crippen LogP contribution in [0.3, 0.4) is 0 Å². The zero-order valence-corrected chi connectivity index (χ0v) is 2.14. The zero-order chi connectivity index (χ0) is 3.58. The SMILES string of the molecule is F.O=C(O)F. The zero-order valence-electron chi connectivity index (χ0n) is 2.14. The van der Waals surface area contributed by atoms with Gasteiger partial charge in [-0.3, -0.25) is 4.70 Å². The minimum Gasteiger partial charge on any atom is -0.456 e. The first-order valence-electron chi connectivity index (χ1n) is 0.617. The average molecular weight is 84.0 g/mol. The van der Waals surface area contributed by atoms with Crippen molar-refractivity contribution in [3.8, 4) is 0 Å². The van der Waals surface area contributed by atoms with Gasteiger partial charge in [-0.05, 0) is 0 Å². The topological polar surface area (TPSA) is 37.3 Å². The third-order valence-corrected chi connectivity index (χ3v) is 0. The van der Waals surface area contributed by atoms with Gasteiger partial charge in [0.1, 0.15) is 0 Å². The summed E-state index contributed by atoms with van der Waals surface area (Å²) in [5.74, 6) is 0. The van der Waals surface area contributed by atoms with E-state index in [0.717, 1.165) is 0 Å². The van der Waals surface area contributed by atoms with E-state index in [1.807, 2.05) is 0 Å². The third kappa shape index (κ3) is 13.1. The predicted molar refractivity (Wildman–Crippen MR) is 11.6 cm³/mol. The van der Waals surface area contributed by atoms with Crippen LogP contribution in [0.2, 0.25) is 0 Å². The molecule has 2 nitrogen and oxygen atoms in total. The molecule has 0 aliphatic heterocycles. The van der Waals surface area contributed by atoms with Gasteiger partial charge in [0.25, 0.3) is 0 Å². The molecule has 0 bridgehead atoms. The van der Waals surface area contributed by atoms with Crippen molar-refractivity contribution in [1.29, 1.82) is 0 Å². The minimum atomic E-state index is -2.33. The van der Waals surface area contributed by atoms with Crippen LogP contribution in [0.25, 0.3) is 0 Å². The molecule has 0 aromatic heterocycles. The Morgan fingerprint density at radius 3 is 1.80 bits per heavy atom. The summed E-state index contributed by atoms with van der Waals surface area (Å²) in [5.41, 5.74) is 0. The molecular formula is CH2F2O2. The number of rotatable bonds is 0. The summed E-state index contributed by atoms with van der Waals surface area (Å²) >= 11 is 0. The molecule has 0 aromatic carbocycles. The molecule has 0 fully saturated rings. The van der Waals surface area contributed by atoms with Gasteiger partial charge in [-0.2, -0.15) is 0 Å². The second-order valence-corrected chi connectivity index (χ2v) is 0.253. The van der Waals surface area contributed by atoms with E-state index in [2.05, 4.69) is 0 Å². The van der Waals surface area contributed by atoms with Gasteiger partial charge < -0.3 is 5.11 Å². The predicted octanol–water partition coefficient (Wildman–Crippen LogP) is 0.786. The van der Waals surface area contributed by atoms with Crippen LogP contribution in [0.5, 0.6) is 0 Å². The second kappa shape index (κ2) is 3.33. The molecule has 0 atom stereocenters. The van der Waals surface area contributed by atoms with Crippen molar-refractivity contribution in [2.75, 3.05) is 0 Å². The highest BCUT2D eigenvalue weighted by atomic mass is 19.1. The lowest BCUT2D eigenvalue weighted by Crippen LogP contribution is -1.69. The van der Waals surface area contributed by atoms with E-state index in [-0.39, 0.29) is 4.70 Å². The maximum absolute atomic E-state index is 9.92. The largest absolute Gasteiger partial charge is 0.492 e. The molecule has 1 N–H and O–H groups in total. The molecule has 0 saturated carbocycles.